The zero-order chi connectivity index (χ0) is 19.0. The molecule has 2 aromatic rings. The molecule has 138 valence electrons. The average molecular weight is 358 g/mol. The predicted molar refractivity (Wildman–Crippen MR) is 91.7 cm³/mol. The van der Waals surface area contributed by atoms with Gasteiger partial charge in [0.2, 0.25) is 5.91 Å². The van der Waals surface area contributed by atoms with E-state index in [9.17, 15) is 24.6 Å². The molecule has 1 atom stereocenters. The molecule has 1 aromatic heterocycles. The molecular formula is C19H20NO6-. The number of hydrogen-bond acceptors (Lipinski definition) is 6. The van der Waals surface area contributed by atoms with E-state index in [0.717, 1.165) is 0 Å². The van der Waals surface area contributed by atoms with Gasteiger partial charge >= 0.3 is 5.63 Å². The molecule has 0 aliphatic carbocycles. The summed E-state index contributed by atoms with van der Waals surface area (Å²) in [7, 11) is 0. The molecule has 0 saturated carbocycles. The van der Waals surface area contributed by atoms with Crippen LogP contribution in [0.1, 0.15) is 36.0 Å². The fourth-order valence-corrected chi connectivity index (χ4v) is 3.55. The number of phenols is 1. The van der Waals surface area contributed by atoms with Crippen molar-refractivity contribution in [2.24, 2.45) is 0 Å². The zero-order valence-electron chi connectivity index (χ0n) is 14.7. The number of likely N-dealkylation sites (tertiary alicyclic amines) is 1. The van der Waals surface area contributed by atoms with Gasteiger partial charge in [-0.1, -0.05) is 0 Å². The van der Waals surface area contributed by atoms with Gasteiger partial charge in [0, 0.05) is 29.5 Å². The van der Waals surface area contributed by atoms with Crippen LogP contribution in [0.5, 0.6) is 5.75 Å². The monoisotopic (exact) mass is 358 g/mol. The smallest absolute Gasteiger partial charge is 0.339 e. The largest absolute Gasteiger partial charge is 0.548 e. The van der Waals surface area contributed by atoms with Gasteiger partial charge in [0.1, 0.15) is 11.3 Å². The molecule has 1 amide bonds. The van der Waals surface area contributed by atoms with E-state index in [-0.39, 0.29) is 24.5 Å². The maximum atomic E-state index is 12.4. The molecule has 26 heavy (non-hydrogen) atoms. The lowest BCUT2D eigenvalue weighted by atomic mass is 10.00. The minimum atomic E-state index is -1.24. The van der Waals surface area contributed by atoms with Crippen LogP contribution in [0.4, 0.5) is 0 Å². The van der Waals surface area contributed by atoms with Crippen LogP contribution in [0.15, 0.2) is 21.3 Å². The van der Waals surface area contributed by atoms with Crippen molar-refractivity contribution >= 4 is 22.8 Å². The Hall–Kier alpha value is -2.83. The maximum Gasteiger partial charge on any atom is 0.339 e. The first-order valence-corrected chi connectivity index (χ1v) is 8.56. The topological polar surface area (TPSA) is 111 Å². The number of carboxylic acid groups (broad SMARTS) is 1. The molecule has 1 N–H and O–H groups in total. The van der Waals surface area contributed by atoms with Crippen molar-refractivity contribution in [1.29, 1.82) is 0 Å². The van der Waals surface area contributed by atoms with Crippen LogP contribution in [0, 0.1) is 13.8 Å². The molecule has 0 spiro atoms. The molecule has 0 bridgehead atoms. The Morgan fingerprint density at radius 2 is 2.04 bits per heavy atom. The minimum Gasteiger partial charge on any atom is -0.548 e. The number of hydrogen-bond donors (Lipinski definition) is 1. The van der Waals surface area contributed by atoms with Crippen LogP contribution in [-0.2, 0) is 16.0 Å². The summed E-state index contributed by atoms with van der Waals surface area (Å²) in [4.78, 5) is 37.2. The van der Waals surface area contributed by atoms with Crippen molar-refractivity contribution in [2.45, 2.75) is 45.6 Å². The van der Waals surface area contributed by atoms with Gasteiger partial charge in [0.15, 0.2) is 0 Å². The Labute approximate surface area is 149 Å². The third-order valence-corrected chi connectivity index (χ3v) is 5.11. The maximum absolute atomic E-state index is 12.4. The minimum absolute atomic E-state index is 0.0257. The van der Waals surface area contributed by atoms with Gasteiger partial charge in [-0.3, -0.25) is 4.79 Å². The lowest BCUT2D eigenvalue weighted by Gasteiger charge is -2.25. The van der Waals surface area contributed by atoms with Crippen molar-refractivity contribution in [3.05, 3.63) is 39.2 Å². The number of nitrogens with zero attached hydrogens (tertiary/aromatic N) is 1. The third kappa shape index (κ3) is 3.05. The Balaban J connectivity index is 1.85. The van der Waals surface area contributed by atoms with Gasteiger partial charge in [-0.15, -0.1) is 0 Å². The van der Waals surface area contributed by atoms with E-state index in [2.05, 4.69) is 0 Å². The molecule has 7 heteroatoms. The van der Waals surface area contributed by atoms with Crippen molar-refractivity contribution in [3.8, 4) is 5.75 Å². The third-order valence-electron chi connectivity index (χ3n) is 5.11. The summed E-state index contributed by atoms with van der Waals surface area (Å²) in [5, 5.41) is 21.6. The normalized spacial score (nSPS) is 17.0. The number of aryl methyl sites for hydroxylation is 2. The second-order valence-electron chi connectivity index (χ2n) is 6.64. The van der Waals surface area contributed by atoms with Crippen molar-refractivity contribution in [3.63, 3.8) is 0 Å². The quantitative estimate of drug-likeness (QED) is 0.809. The lowest BCUT2D eigenvalue weighted by molar-refractivity contribution is -0.310. The van der Waals surface area contributed by atoms with E-state index < -0.39 is 17.6 Å². The highest BCUT2D eigenvalue weighted by molar-refractivity contribution is 5.86. The van der Waals surface area contributed by atoms with Crippen LogP contribution >= 0.6 is 0 Å². The fraction of sp³-hybridized carbons (Fsp3) is 0.421. The molecule has 1 aliphatic heterocycles. The Kier molecular flexibility index (Phi) is 4.71. The number of fused-ring (bicyclic) bond motifs is 1. The van der Waals surface area contributed by atoms with Gasteiger partial charge in [-0.05, 0) is 50.8 Å². The fourth-order valence-electron chi connectivity index (χ4n) is 3.55. The molecule has 1 saturated heterocycles. The number of amides is 1. The van der Waals surface area contributed by atoms with Gasteiger partial charge in [0.05, 0.1) is 12.0 Å². The number of phenolic OH excluding ortho intramolecular Hbond substituents is 1. The first-order valence-electron chi connectivity index (χ1n) is 8.56. The van der Waals surface area contributed by atoms with Crippen molar-refractivity contribution in [2.75, 3.05) is 6.54 Å². The van der Waals surface area contributed by atoms with Gasteiger partial charge in [0.25, 0.3) is 0 Å². The molecule has 7 nitrogen and oxygen atoms in total. The highest BCUT2D eigenvalue weighted by atomic mass is 16.4. The van der Waals surface area contributed by atoms with E-state index >= 15 is 0 Å². The number of benzene rings is 1. The van der Waals surface area contributed by atoms with Gasteiger partial charge in [-0.25, -0.2) is 4.79 Å². The summed E-state index contributed by atoms with van der Waals surface area (Å²) < 4.78 is 5.36. The Morgan fingerprint density at radius 1 is 1.31 bits per heavy atom. The SMILES string of the molecule is Cc1c(CCC(=O)N2CCC[C@@H]2C(=O)[O-])c(=O)oc2c(C)c(O)ccc12. The Morgan fingerprint density at radius 3 is 2.73 bits per heavy atom. The predicted octanol–water partition coefficient (Wildman–Crippen LogP) is 0.789. The van der Waals surface area contributed by atoms with Crippen LogP contribution in [0.25, 0.3) is 11.0 Å². The van der Waals surface area contributed by atoms with Crippen LogP contribution in [0.2, 0.25) is 0 Å². The molecule has 0 radical (unpaired) electrons. The summed E-state index contributed by atoms with van der Waals surface area (Å²) in [6, 6.07) is 2.32. The van der Waals surface area contributed by atoms with E-state index in [1.54, 1.807) is 19.9 Å². The molecule has 2 heterocycles. The van der Waals surface area contributed by atoms with Crippen LogP contribution in [-0.4, -0.2) is 34.5 Å². The van der Waals surface area contributed by atoms with Gasteiger partial charge in [-0.2, -0.15) is 0 Å². The summed E-state index contributed by atoms with van der Waals surface area (Å²) in [6.07, 6.45) is 1.22. The van der Waals surface area contributed by atoms with Crippen molar-refractivity contribution < 1.29 is 24.2 Å². The average Bonchev–Trinajstić information content (AvgIpc) is 3.08. The first kappa shape index (κ1) is 18.0. The van der Waals surface area contributed by atoms with E-state index in [1.807, 2.05) is 0 Å². The molecule has 1 aliphatic rings. The summed E-state index contributed by atoms with van der Waals surface area (Å²) in [6.45, 7) is 3.83. The zero-order valence-corrected chi connectivity index (χ0v) is 14.7. The summed E-state index contributed by atoms with van der Waals surface area (Å²) >= 11 is 0. The summed E-state index contributed by atoms with van der Waals surface area (Å²) in [5.74, 6) is -1.50. The van der Waals surface area contributed by atoms with E-state index in [1.165, 1.54) is 11.0 Å². The van der Waals surface area contributed by atoms with E-state index in [0.29, 0.717) is 47.0 Å². The number of rotatable bonds is 4. The van der Waals surface area contributed by atoms with Crippen LogP contribution in [0.3, 0.4) is 0 Å². The molecule has 1 aromatic carbocycles. The number of aromatic hydroxyl groups is 1. The van der Waals surface area contributed by atoms with Crippen molar-refractivity contribution in [1.82, 2.24) is 4.90 Å². The number of aliphatic carboxylic acids is 1. The molecule has 0 unspecified atom stereocenters. The highest BCUT2D eigenvalue weighted by Crippen LogP contribution is 2.29. The molecule has 3 rings (SSSR count). The van der Waals surface area contributed by atoms with Gasteiger partial charge < -0.3 is 24.3 Å². The standard InChI is InChI=1S/C19H21NO6/c1-10-12-5-7-15(21)11(2)17(12)26-19(25)13(10)6-8-16(22)20-9-3-4-14(20)18(23)24/h5,7,14,21H,3-4,6,8-9H2,1-2H3,(H,23,24)/p-1/t14-/m1/s1. The highest BCUT2D eigenvalue weighted by Gasteiger charge is 2.29. The van der Waals surface area contributed by atoms with Crippen LogP contribution < -0.4 is 10.7 Å². The lowest BCUT2D eigenvalue weighted by Crippen LogP contribution is -2.47. The van der Waals surface area contributed by atoms with E-state index in [4.69, 9.17) is 4.42 Å². The second kappa shape index (κ2) is 6.82. The number of carbonyl (C=O) groups excluding carboxylic acids is 2. The number of carbonyl (C=O) groups is 2. The number of carboxylic acids is 1. The Bertz CT molecular complexity index is 945. The first-order chi connectivity index (χ1) is 12.3. The molecule has 1 fully saturated rings. The summed E-state index contributed by atoms with van der Waals surface area (Å²) in [5.41, 5.74) is 1.36. The second-order valence-corrected chi connectivity index (χ2v) is 6.64. The molecular weight excluding hydrogens is 338 g/mol.